The number of nitrogens with zero attached hydrogens (tertiary/aromatic N) is 3. The minimum Gasteiger partial charge on any atom is -0.344 e. The highest BCUT2D eigenvalue weighted by Crippen LogP contribution is 2.19. The second-order valence-corrected chi connectivity index (χ2v) is 11.7. The number of carbonyl (C=O) groups excluding carboxylic acids is 3. The molecule has 3 heterocycles. The van der Waals surface area contributed by atoms with Gasteiger partial charge in [-0.15, -0.1) is 0 Å². The fourth-order valence-corrected chi connectivity index (χ4v) is 6.22. The Morgan fingerprint density at radius 1 is 0.927 bits per heavy atom. The summed E-state index contributed by atoms with van der Waals surface area (Å²) in [6.07, 6.45) is 3.79. The minimum atomic E-state index is -3.97. The zero-order valence-corrected chi connectivity index (χ0v) is 23.0. The zero-order chi connectivity index (χ0) is 28.8. The van der Waals surface area contributed by atoms with E-state index < -0.39 is 39.7 Å². The maximum absolute atomic E-state index is 13.6. The molecule has 1 aliphatic rings. The van der Waals surface area contributed by atoms with E-state index in [2.05, 4.69) is 20.6 Å². The van der Waals surface area contributed by atoms with Crippen molar-refractivity contribution in [1.29, 1.82) is 0 Å². The van der Waals surface area contributed by atoms with Gasteiger partial charge in [0.15, 0.2) is 10.8 Å². The van der Waals surface area contributed by atoms with Crippen molar-refractivity contribution in [3.63, 3.8) is 0 Å². The molecule has 1 saturated heterocycles. The van der Waals surface area contributed by atoms with Gasteiger partial charge in [-0.2, -0.15) is 4.31 Å². The van der Waals surface area contributed by atoms with E-state index in [4.69, 9.17) is 0 Å². The summed E-state index contributed by atoms with van der Waals surface area (Å²) in [5, 5.41) is 6.27. The van der Waals surface area contributed by atoms with Crippen LogP contribution < -0.4 is 10.6 Å². The predicted octanol–water partition coefficient (Wildman–Crippen LogP) is 2.51. The van der Waals surface area contributed by atoms with Gasteiger partial charge in [-0.3, -0.25) is 19.4 Å². The van der Waals surface area contributed by atoms with Crippen molar-refractivity contribution in [3.05, 3.63) is 102 Å². The molecular formula is C30H29N5O5S. The smallest absolute Gasteiger partial charge is 0.260 e. The van der Waals surface area contributed by atoms with E-state index in [-0.39, 0.29) is 31.0 Å². The molecule has 2 amide bonds. The molecule has 11 heteroatoms. The van der Waals surface area contributed by atoms with Gasteiger partial charge in [0.1, 0.15) is 6.04 Å². The van der Waals surface area contributed by atoms with Crippen molar-refractivity contribution in [2.75, 3.05) is 13.1 Å². The van der Waals surface area contributed by atoms with E-state index in [9.17, 15) is 22.8 Å². The van der Waals surface area contributed by atoms with Crippen LogP contribution in [0.5, 0.6) is 0 Å². The first kappa shape index (κ1) is 28.1. The van der Waals surface area contributed by atoms with Gasteiger partial charge in [-0.25, -0.2) is 13.4 Å². The molecule has 2 N–H and O–H groups in total. The van der Waals surface area contributed by atoms with Crippen LogP contribution in [0.25, 0.3) is 10.9 Å². The van der Waals surface area contributed by atoms with Gasteiger partial charge in [0.2, 0.25) is 5.91 Å². The van der Waals surface area contributed by atoms with E-state index >= 15 is 0 Å². The lowest BCUT2D eigenvalue weighted by atomic mass is 10.0. The quantitative estimate of drug-likeness (QED) is 0.331. The van der Waals surface area contributed by atoms with Crippen LogP contribution in [0, 0.1) is 0 Å². The SMILES string of the molecule is O=C(NC(Cc1ccccc1)C(=O)N[C@H]1CCCN(S(=O)(=O)c2ccccn2)CC1=O)c1cccc2cccnc12. The molecule has 0 radical (unpaired) electrons. The number of amides is 2. The molecule has 0 aliphatic carbocycles. The van der Waals surface area contributed by atoms with Crippen molar-refractivity contribution in [1.82, 2.24) is 24.9 Å². The first-order chi connectivity index (χ1) is 19.8. The normalized spacial score (nSPS) is 17.0. The van der Waals surface area contributed by atoms with Gasteiger partial charge in [-0.1, -0.05) is 54.6 Å². The molecule has 0 saturated carbocycles. The fourth-order valence-electron chi connectivity index (χ4n) is 4.84. The second kappa shape index (κ2) is 12.4. The second-order valence-electron chi connectivity index (χ2n) is 9.77. The highest BCUT2D eigenvalue weighted by Gasteiger charge is 2.35. The predicted molar refractivity (Wildman–Crippen MR) is 152 cm³/mol. The minimum absolute atomic E-state index is 0.120. The Morgan fingerprint density at radius 2 is 1.68 bits per heavy atom. The fraction of sp³-hybridized carbons (Fsp3) is 0.233. The molecule has 1 unspecified atom stereocenters. The van der Waals surface area contributed by atoms with Gasteiger partial charge in [0.05, 0.1) is 23.7 Å². The zero-order valence-electron chi connectivity index (χ0n) is 22.1. The van der Waals surface area contributed by atoms with Crippen LogP contribution >= 0.6 is 0 Å². The average molecular weight is 572 g/mol. The van der Waals surface area contributed by atoms with Gasteiger partial charge in [0.25, 0.3) is 15.9 Å². The Labute approximate surface area is 237 Å². The molecule has 210 valence electrons. The highest BCUT2D eigenvalue weighted by molar-refractivity contribution is 7.89. The maximum atomic E-state index is 13.6. The lowest BCUT2D eigenvalue weighted by Gasteiger charge is -2.23. The molecule has 2 aromatic heterocycles. The summed E-state index contributed by atoms with van der Waals surface area (Å²) in [4.78, 5) is 48.4. The number of ketones is 1. The summed E-state index contributed by atoms with van der Waals surface area (Å²) >= 11 is 0. The van der Waals surface area contributed by atoms with Crippen molar-refractivity contribution < 1.29 is 22.8 Å². The third kappa shape index (κ3) is 6.47. The molecular weight excluding hydrogens is 542 g/mol. The summed E-state index contributed by atoms with van der Waals surface area (Å²) in [7, 11) is -3.97. The summed E-state index contributed by atoms with van der Waals surface area (Å²) in [5.74, 6) is -1.43. The number of sulfonamides is 1. The molecule has 0 bridgehead atoms. The Kier molecular flexibility index (Phi) is 8.46. The van der Waals surface area contributed by atoms with Gasteiger partial charge in [-0.05, 0) is 42.7 Å². The number of Topliss-reactive ketones (excluding diaryl/α,β-unsaturated/α-hetero) is 1. The van der Waals surface area contributed by atoms with Crippen LogP contribution in [0.3, 0.4) is 0 Å². The number of rotatable bonds is 8. The summed E-state index contributed by atoms with van der Waals surface area (Å²) in [6.45, 7) is -0.267. The summed E-state index contributed by atoms with van der Waals surface area (Å²) in [5.41, 5.74) is 1.67. The summed E-state index contributed by atoms with van der Waals surface area (Å²) < 4.78 is 27.2. The van der Waals surface area contributed by atoms with Crippen molar-refractivity contribution in [3.8, 4) is 0 Å². The van der Waals surface area contributed by atoms with E-state index in [1.807, 2.05) is 42.5 Å². The third-order valence-electron chi connectivity index (χ3n) is 6.96. The van der Waals surface area contributed by atoms with Crippen LogP contribution in [-0.2, 0) is 26.0 Å². The Hall–Kier alpha value is -4.48. The molecule has 1 aliphatic heterocycles. The number of aromatic nitrogens is 2. The van der Waals surface area contributed by atoms with E-state index in [0.717, 1.165) is 15.3 Å². The van der Waals surface area contributed by atoms with Gasteiger partial charge in [0, 0.05) is 30.7 Å². The molecule has 5 rings (SSSR count). The molecule has 4 aromatic rings. The number of pyridine rings is 2. The molecule has 41 heavy (non-hydrogen) atoms. The Bertz CT molecular complexity index is 1660. The lowest BCUT2D eigenvalue weighted by Crippen LogP contribution is -2.53. The first-order valence-electron chi connectivity index (χ1n) is 13.3. The average Bonchev–Trinajstić information content (AvgIpc) is 3.18. The Balaban J connectivity index is 1.33. The largest absolute Gasteiger partial charge is 0.344 e. The number of para-hydroxylation sites is 1. The van der Waals surface area contributed by atoms with E-state index in [1.54, 1.807) is 36.5 Å². The molecule has 0 spiro atoms. The first-order valence-corrected chi connectivity index (χ1v) is 14.7. The standard InChI is InChI=1S/C30H29N5O5S/c36-26-20-35(41(39,40)27-15-4-5-16-31-27)18-8-14-24(26)33-30(38)25(19-21-9-2-1-3-10-21)34-29(37)23-13-6-11-22-12-7-17-32-28(22)23/h1-7,9-13,15-17,24-25H,8,14,18-20H2,(H,33,38)(H,34,37)/t24-,25?/m0/s1. The van der Waals surface area contributed by atoms with Crippen molar-refractivity contribution >= 4 is 38.5 Å². The molecule has 2 aromatic carbocycles. The monoisotopic (exact) mass is 571 g/mol. The van der Waals surface area contributed by atoms with Crippen LogP contribution in [0.15, 0.2) is 96.3 Å². The van der Waals surface area contributed by atoms with Crippen LogP contribution in [0.4, 0.5) is 0 Å². The lowest BCUT2D eigenvalue weighted by molar-refractivity contribution is -0.128. The topological polar surface area (TPSA) is 138 Å². The number of nitrogens with one attached hydrogen (secondary N) is 2. The number of hydrogen-bond donors (Lipinski definition) is 2. The maximum Gasteiger partial charge on any atom is 0.260 e. The van der Waals surface area contributed by atoms with Crippen molar-refractivity contribution in [2.45, 2.75) is 36.4 Å². The number of fused-ring (bicyclic) bond motifs is 1. The number of carbonyl (C=O) groups is 3. The highest BCUT2D eigenvalue weighted by atomic mass is 32.2. The molecule has 2 atom stereocenters. The number of hydrogen-bond acceptors (Lipinski definition) is 7. The van der Waals surface area contributed by atoms with Crippen LogP contribution in [0.1, 0.15) is 28.8 Å². The van der Waals surface area contributed by atoms with Crippen molar-refractivity contribution in [2.24, 2.45) is 0 Å². The van der Waals surface area contributed by atoms with Gasteiger partial charge < -0.3 is 10.6 Å². The Morgan fingerprint density at radius 3 is 2.46 bits per heavy atom. The van der Waals surface area contributed by atoms with E-state index in [1.165, 1.54) is 12.3 Å². The van der Waals surface area contributed by atoms with Crippen LogP contribution in [0.2, 0.25) is 0 Å². The number of benzene rings is 2. The van der Waals surface area contributed by atoms with Crippen LogP contribution in [-0.4, -0.2) is 65.5 Å². The van der Waals surface area contributed by atoms with Gasteiger partial charge >= 0.3 is 0 Å². The molecule has 1 fully saturated rings. The van der Waals surface area contributed by atoms with E-state index in [0.29, 0.717) is 17.5 Å². The summed E-state index contributed by atoms with van der Waals surface area (Å²) in [6, 6.07) is 20.8. The third-order valence-corrected chi connectivity index (χ3v) is 8.72. The molecule has 10 nitrogen and oxygen atoms in total.